The monoisotopic (exact) mass is 862 g/mol. The van der Waals surface area contributed by atoms with Gasteiger partial charge in [0.05, 0.1) is 0 Å². The van der Waals surface area contributed by atoms with Crippen molar-refractivity contribution in [2.45, 2.75) is 0 Å². The van der Waals surface area contributed by atoms with Gasteiger partial charge < -0.3 is 0 Å². The van der Waals surface area contributed by atoms with Crippen LogP contribution in [0.15, 0.2) is 231 Å². The first-order valence-electron chi connectivity index (χ1n) is 21.8. The van der Waals surface area contributed by atoms with Crippen LogP contribution in [0.5, 0.6) is 0 Å². The van der Waals surface area contributed by atoms with Gasteiger partial charge in [0, 0.05) is 0 Å². The number of hydrogen-bond acceptors (Lipinski definition) is 0. The van der Waals surface area contributed by atoms with E-state index >= 15 is 0 Å². The van der Waals surface area contributed by atoms with Gasteiger partial charge in [0.25, 0.3) is 0 Å². The van der Waals surface area contributed by atoms with Gasteiger partial charge in [0.1, 0.15) is 0 Å². The van der Waals surface area contributed by atoms with Crippen LogP contribution in [0.3, 0.4) is 0 Å². The van der Waals surface area contributed by atoms with E-state index in [2.05, 4.69) is 231 Å². The fourth-order valence-electron chi connectivity index (χ4n) is 10.6. The van der Waals surface area contributed by atoms with Crippen LogP contribution in [0.25, 0.3) is 129 Å². The molecule has 13 aromatic rings. The Morgan fingerprint density at radius 2 is 0.603 bits per heavy atom. The Bertz CT molecular complexity index is 3840. The van der Waals surface area contributed by atoms with Gasteiger partial charge in [-0.1, -0.05) is 30.3 Å². The number of fused-ring (bicyclic) bond motifs is 8. The second-order valence-electron chi connectivity index (χ2n) is 16.6. The third kappa shape index (κ3) is 5.61. The van der Waals surface area contributed by atoms with Crippen molar-refractivity contribution in [2.24, 2.45) is 0 Å². The van der Waals surface area contributed by atoms with Crippen molar-refractivity contribution in [3.63, 3.8) is 0 Å². The van der Waals surface area contributed by atoms with E-state index in [9.17, 15) is 0 Å². The van der Waals surface area contributed by atoms with E-state index in [0.29, 0.717) is 0 Å². The third-order valence-corrected chi connectivity index (χ3v) is 15.8. The molecule has 0 saturated carbocycles. The average molecular weight is 862 g/mol. The van der Waals surface area contributed by atoms with Gasteiger partial charge in [-0.2, -0.15) is 0 Å². The molecule has 0 amide bonds. The van der Waals surface area contributed by atoms with Crippen LogP contribution in [-0.4, -0.2) is 14.5 Å². The van der Waals surface area contributed by atoms with E-state index in [1.807, 2.05) is 0 Å². The second kappa shape index (κ2) is 14.5. The normalized spacial score (nSPS) is 11.8. The fraction of sp³-hybridized carbons (Fsp3) is 0. The Kier molecular flexibility index (Phi) is 8.34. The van der Waals surface area contributed by atoms with Crippen molar-refractivity contribution in [2.75, 3.05) is 0 Å². The number of hydrogen-bond donors (Lipinski definition) is 0. The third-order valence-electron chi connectivity index (χ3n) is 13.3. The summed E-state index contributed by atoms with van der Waals surface area (Å²) in [7, 11) is 0. The second-order valence-corrected chi connectivity index (χ2v) is 18.8. The summed E-state index contributed by atoms with van der Waals surface area (Å²) in [6.45, 7) is 0. The van der Waals surface area contributed by atoms with Crippen molar-refractivity contribution >= 4 is 87.7 Å². The largest absolute Gasteiger partial charge is 0.0617 e. The quantitative estimate of drug-likeness (QED) is 0.119. The predicted octanol–water partition coefficient (Wildman–Crippen LogP) is 17.2. The molecule has 0 fully saturated rings. The molecule has 292 valence electrons. The standard InChI is InChI=1S/C62H38Se/c1-3-18-39(19-4-1)42-36-37-54(44-23-8-7-22-43(42)44)60-50-28-13-11-26-48(50)59(49-27-12-14-29-51(49)60)41-34-35-45-55-32-17-33-56(62(55)63-57(45)38-41)61-52-30-15-9-24-46(52)58(40-20-5-2-6-21-40)47-25-10-16-31-53(47)61/h1-38H. The zero-order valence-corrected chi connectivity index (χ0v) is 36.1. The molecule has 0 nitrogen and oxygen atoms in total. The van der Waals surface area contributed by atoms with Crippen molar-refractivity contribution in [3.8, 4) is 55.6 Å². The zero-order chi connectivity index (χ0) is 41.4. The van der Waals surface area contributed by atoms with Gasteiger partial charge in [-0.05, 0) is 0 Å². The van der Waals surface area contributed by atoms with Crippen LogP contribution in [0, 0.1) is 0 Å². The zero-order valence-electron chi connectivity index (χ0n) is 34.3. The SMILES string of the molecule is c1ccc(-c2ccc(-c3c4ccccc4c(-c4ccc5c(c4)[se]c4c(-c6c7ccccc7c(-c7ccccc7)c7ccccc67)cccc45)c4ccccc34)c3ccccc23)cc1. The molecular weight excluding hydrogens is 824 g/mol. The molecule has 0 aliphatic heterocycles. The van der Waals surface area contributed by atoms with Crippen molar-refractivity contribution in [3.05, 3.63) is 231 Å². The van der Waals surface area contributed by atoms with Crippen LogP contribution in [-0.2, 0) is 0 Å². The van der Waals surface area contributed by atoms with E-state index in [0.717, 1.165) is 0 Å². The Labute approximate surface area is 371 Å². The molecule has 13 rings (SSSR count). The molecular formula is C62H38Se. The molecule has 1 heterocycles. The van der Waals surface area contributed by atoms with E-state index < -0.39 is 0 Å². The van der Waals surface area contributed by atoms with Crippen molar-refractivity contribution < 1.29 is 0 Å². The Morgan fingerprint density at radius 3 is 1.14 bits per heavy atom. The van der Waals surface area contributed by atoms with Gasteiger partial charge in [-0.25, -0.2) is 0 Å². The Morgan fingerprint density at radius 1 is 0.206 bits per heavy atom. The summed E-state index contributed by atoms with van der Waals surface area (Å²) >= 11 is 0.0997. The summed E-state index contributed by atoms with van der Waals surface area (Å²) in [6.07, 6.45) is 0. The van der Waals surface area contributed by atoms with Gasteiger partial charge >= 0.3 is 343 Å². The molecule has 0 unspecified atom stereocenters. The van der Waals surface area contributed by atoms with Crippen LogP contribution in [0.2, 0.25) is 0 Å². The number of benzene rings is 12. The maximum Gasteiger partial charge on any atom is -0.0544 e. The number of rotatable bonds is 5. The molecule has 0 aliphatic carbocycles. The van der Waals surface area contributed by atoms with Crippen molar-refractivity contribution in [1.82, 2.24) is 0 Å². The smallest absolute Gasteiger partial charge is 0.0544 e. The molecule has 0 atom stereocenters. The minimum atomic E-state index is 0.0997. The summed E-state index contributed by atoms with van der Waals surface area (Å²) < 4.78 is 2.91. The molecule has 12 aromatic carbocycles. The molecule has 0 radical (unpaired) electrons. The first kappa shape index (κ1) is 36.1. The molecule has 0 saturated heterocycles. The maximum atomic E-state index is 2.52. The first-order chi connectivity index (χ1) is 31.3. The molecule has 0 aliphatic rings. The maximum absolute atomic E-state index is 2.52. The van der Waals surface area contributed by atoms with E-state index in [-0.39, 0.29) is 14.5 Å². The molecule has 1 heteroatoms. The Balaban J connectivity index is 1.03. The van der Waals surface area contributed by atoms with E-state index in [4.69, 9.17) is 0 Å². The van der Waals surface area contributed by atoms with Gasteiger partial charge in [-0.15, -0.1) is 0 Å². The molecule has 1 aromatic heterocycles. The van der Waals surface area contributed by atoms with Crippen LogP contribution >= 0.6 is 0 Å². The topological polar surface area (TPSA) is 0 Å². The minimum Gasteiger partial charge on any atom is -0.0617 e. The van der Waals surface area contributed by atoms with Crippen molar-refractivity contribution in [1.29, 1.82) is 0 Å². The molecule has 63 heavy (non-hydrogen) atoms. The summed E-state index contributed by atoms with van der Waals surface area (Å²) in [5.74, 6) is 0. The van der Waals surface area contributed by atoms with Gasteiger partial charge in [0.15, 0.2) is 0 Å². The average Bonchev–Trinajstić information content (AvgIpc) is 3.73. The molecule has 0 bridgehead atoms. The van der Waals surface area contributed by atoms with E-state index in [1.165, 1.54) is 129 Å². The summed E-state index contributed by atoms with van der Waals surface area (Å²) in [5.41, 5.74) is 12.9. The predicted molar refractivity (Wildman–Crippen MR) is 273 cm³/mol. The molecule has 0 spiro atoms. The van der Waals surface area contributed by atoms with Gasteiger partial charge in [0.2, 0.25) is 0 Å². The molecule has 0 N–H and O–H groups in total. The summed E-state index contributed by atoms with van der Waals surface area (Å²) in [6, 6.07) is 85.8. The van der Waals surface area contributed by atoms with E-state index in [1.54, 1.807) is 0 Å². The first-order valence-corrected chi connectivity index (χ1v) is 23.5. The Hall–Kier alpha value is -7.54. The minimum absolute atomic E-state index is 0.0997. The van der Waals surface area contributed by atoms with Crippen LogP contribution in [0.1, 0.15) is 0 Å². The summed E-state index contributed by atoms with van der Waals surface area (Å²) in [4.78, 5) is 0. The summed E-state index contributed by atoms with van der Waals surface area (Å²) in [5, 5.41) is 15.6. The van der Waals surface area contributed by atoms with Gasteiger partial charge in [-0.3, -0.25) is 0 Å². The van der Waals surface area contributed by atoms with Crippen LogP contribution in [0.4, 0.5) is 0 Å². The fourth-order valence-corrected chi connectivity index (χ4v) is 13.2. The van der Waals surface area contributed by atoms with Crippen LogP contribution < -0.4 is 0 Å².